The number of hydrogen-bond acceptors (Lipinski definition) is 9. The van der Waals surface area contributed by atoms with Crippen LogP contribution in [0.3, 0.4) is 0 Å². The molecule has 0 spiro atoms. The number of rotatable bonds is 10. The molecule has 196 valence electrons. The number of nitrogens with one attached hydrogen (secondary N) is 1. The second kappa shape index (κ2) is 11.4. The van der Waals surface area contributed by atoms with Crippen LogP contribution in [0, 0.1) is 0 Å². The van der Waals surface area contributed by atoms with Crippen molar-refractivity contribution in [1.82, 2.24) is 10.2 Å². The second-order valence-electron chi connectivity index (χ2n) is 8.93. The topological polar surface area (TPSA) is 144 Å². The Balaban J connectivity index is 1.78. The lowest BCUT2D eigenvalue weighted by atomic mass is 9.77. The highest BCUT2D eigenvalue weighted by molar-refractivity contribution is 5.96. The van der Waals surface area contributed by atoms with Crippen molar-refractivity contribution in [3.05, 3.63) is 34.9 Å². The zero-order valence-corrected chi connectivity index (χ0v) is 20.3. The van der Waals surface area contributed by atoms with Crippen LogP contribution < -0.4 is 14.8 Å². The number of carbonyl (C=O) groups excluding carboxylic acids is 3. The lowest BCUT2D eigenvalue weighted by Gasteiger charge is -2.41. The Hall–Kier alpha value is -2.99. The predicted molar refractivity (Wildman–Crippen MR) is 126 cm³/mol. The normalized spacial score (nSPS) is 26.3. The van der Waals surface area contributed by atoms with Crippen molar-refractivity contribution >= 4 is 18.1 Å². The number of aliphatic hydroxyl groups excluding tert-OH is 2. The van der Waals surface area contributed by atoms with Crippen LogP contribution in [0.2, 0.25) is 0 Å². The molecule has 1 aromatic rings. The number of benzene rings is 1. The molecule has 1 aliphatic carbocycles. The third-order valence-corrected chi connectivity index (χ3v) is 6.80. The smallest absolute Gasteiger partial charge is 0.252 e. The van der Waals surface area contributed by atoms with Crippen molar-refractivity contribution in [2.45, 2.75) is 43.1 Å². The van der Waals surface area contributed by atoms with Crippen LogP contribution in [-0.2, 0) is 19.1 Å². The first-order valence-corrected chi connectivity index (χ1v) is 12.0. The van der Waals surface area contributed by atoms with Crippen molar-refractivity contribution in [2.75, 3.05) is 47.1 Å². The summed E-state index contributed by atoms with van der Waals surface area (Å²) < 4.78 is 22.4. The molecule has 1 aromatic carbocycles. The highest BCUT2D eigenvalue weighted by Crippen LogP contribution is 2.51. The van der Waals surface area contributed by atoms with Crippen LogP contribution in [0.1, 0.15) is 34.7 Å². The van der Waals surface area contributed by atoms with Gasteiger partial charge in [-0.1, -0.05) is 0 Å². The van der Waals surface area contributed by atoms with Gasteiger partial charge < -0.3 is 39.4 Å². The van der Waals surface area contributed by atoms with Gasteiger partial charge in [-0.05, 0) is 31.1 Å². The Morgan fingerprint density at radius 3 is 2.75 bits per heavy atom. The van der Waals surface area contributed by atoms with Crippen LogP contribution in [0.4, 0.5) is 0 Å². The fraction of sp³-hybridized carbons (Fsp3) is 0.560. The molecule has 5 atom stereocenters. The van der Waals surface area contributed by atoms with Crippen molar-refractivity contribution in [3.8, 4) is 11.5 Å². The average Bonchev–Trinajstić information content (AvgIpc) is 3.56. The van der Waals surface area contributed by atoms with Gasteiger partial charge in [0.05, 0.1) is 32.3 Å². The Morgan fingerprint density at radius 2 is 2.11 bits per heavy atom. The van der Waals surface area contributed by atoms with Crippen LogP contribution in [-0.4, -0.2) is 105 Å². The molecule has 2 heterocycles. The Kier molecular flexibility index (Phi) is 8.24. The molecular weight excluding hydrogens is 472 g/mol. The summed E-state index contributed by atoms with van der Waals surface area (Å²) in [4.78, 5) is 39.7. The number of hydrogen-bond donors (Lipinski definition) is 3. The molecule has 3 aliphatic rings. The van der Waals surface area contributed by atoms with E-state index in [9.17, 15) is 24.6 Å². The molecule has 11 heteroatoms. The summed E-state index contributed by atoms with van der Waals surface area (Å²) in [5.74, 6) is -0.864. The van der Waals surface area contributed by atoms with Crippen molar-refractivity contribution in [3.63, 3.8) is 0 Å². The van der Waals surface area contributed by atoms with E-state index in [0.717, 1.165) is 6.42 Å². The standard InChI is InChI=1S/C25H32N2O9/c1-33-9-6-27(25(32)18-4-3-8-35-18)17-12-16(24(31)26-5-7-28)20-15-10-14(13-29)11-19(34-2)22(15)36-23(20)21(17)30/h10-13,17-18,20-21,23,28,30H,3-9H2,1-2H3,(H,26,31)/t17-,18?,20+,21+,23+/m1/s1. The monoisotopic (exact) mass is 504 g/mol. The molecule has 3 N–H and O–H groups in total. The SMILES string of the molecule is COCCN(C(=O)C1CCCO1)[C@@H]1C=C(C(=O)NCCO)[C@@H]2c3cc(C=O)cc(OC)c3O[C@@H]2[C@H]1O. The molecule has 1 saturated heterocycles. The van der Waals surface area contributed by atoms with Gasteiger partial charge in [-0.25, -0.2) is 0 Å². The van der Waals surface area contributed by atoms with E-state index in [1.54, 1.807) is 12.1 Å². The summed E-state index contributed by atoms with van der Waals surface area (Å²) in [7, 11) is 2.95. The summed E-state index contributed by atoms with van der Waals surface area (Å²) in [5.41, 5.74) is 1.12. The van der Waals surface area contributed by atoms with Crippen molar-refractivity contribution in [1.29, 1.82) is 0 Å². The van der Waals surface area contributed by atoms with Gasteiger partial charge in [0, 0.05) is 43.5 Å². The zero-order chi connectivity index (χ0) is 25.8. The third-order valence-electron chi connectivity index (χ3n) is 6.80. The number of aliphatic hydroxyl groups is 2. The van der Waals surface area contributed by atoms with E-state index < -0.39 is 36.2 Å². The number of fused-ring (bicyclic) bond motifs is 3. The first kappa shape index (κ1) is 26.1. The van der Waals surface area contributed by atoms with Gasteiger partial charge in [-0.15, -0.1) is 0 Å². The Bertz CT molecular complexity index is 1020. The van der Waals surface area contributed by atoms with E-state index in [-0.39, 0.29) is 37.8 Å². The van der Waals surface area contributed by atoms with E-state index in [1.807, 2.05) is 0 Å². The Morgan fingerprint density at radius 1 is 1.31 bits per heavy atom. The molecule has 0 bridgehead atoms. The largest absolute Gasteiger partial charge is 0.493 e. The van der Waals surface area contributed by atoms with Gasteiger partial charge in [0.15, 0.2) is 11.5 Å². The van der Waals surface area contributed by atoms with E-state index in [1.165, 1.54) is 25.2 Å². The highest BCUT2D eigenvalue weighted by Gasteiger charge is 2.52. The quantitative estimate of drug-likeness (QED) is 0.369. The molecular formula is C25H32N2O9. The molecule has 4 rings (SSSR count). The maximum absolute atomic E-state index is 13.4. The lowest BCUT2D eigenvalue weighted by Crippen LogP contribution is -2.58. The van der Waals surface area contributed by atoms with Crippen molar-refractivity contribution < 1.29 is 43.5 Å². The predicted octanol–water partition coefficient (Wildman–Crippen LogP) is -0.216. The van der Waals surface area contributed by atoms with Gasteiger partial charge in [0.1, 0.15) is 24.6 Å². The van der Waals surface area contributed by atoms with Gasteiger partial charge in [0.2, 0.25) is 5.91 Å². The van der Waals surface area contributed by atoms with Crippen LogP contribution in [0.25, 0.3) is 0 Å². The number of ether oxygens (including phenoxy) is 4. The van der Waals surface area contributed by atoms with Crippen molar-refractivity contribution in [2.24, 2.45) is 0 Å². The minimum atomic E-state index is -1.21. The third kappa shape index (κ3) is 4.83. The van der Waals surface area contributed by atoms with Gasteiger partial charge >= 0.3 is 0 Å². The second-order valence-corrected chi connectivity index (χ2v) is 8.93. The number of methoxy groups -OCH3 is 2. The van der Waals surface area contributed by atoms with Gasteiger partial charge in [-0.2, -0.15) is 0 Å². The van der Waals surface area contributed by atoms with Crippen LogP contribution in [0.5, 0.6) is 11.5 Å². The minimum Gasteiger partial charge on any atom is -0.493 e. The fourth-order valence-electron chi connectivity index (χ4n) is 5.11. The summed E-state index contributed by atoms with van der Waals surface area (Å²) in [6, 6.07) is 2.23. The summed E-state index contributed by atoms with van der Waals surface area (Å²) >= 11 is 0. The molecule has 1 unspecified atom stereocenters. The summed E-state index contributed by atoms with van der Waals surface area (Å²) in [6.45, 7) is 0.630. The molecule has 2 amide bonds. The maximum Gasteiger partial charge on any atom is 0.252 e. The molecule has 1 fully saturated rings. The van der Waals surface area contributed by atoms with Crippen LogP contribution in [0.15, 0.2) is 23.8 Å². The highest BCUT2D eigenvalue weighted by atomic mass is 16.5. The summed E-state index contributed by atoms with van der Waals surface area (Å²) in [6.07, 6.45) is 0.794. The minimum absolute atomic E-state index is 0.0222. The maximum atomic E-state index is 13.4. The molecule has 36 heavy (non-hydrogen) atoms. The summed E-state index contributed by atoms with van der Waals surface area (Å²) in [5, 5.41) is 23.4. The lowest BCUT2D eigenvalue weighted by molar-refractivity contribution is -0.147. The fourth-order valence-corrected chi connectivity index (χ4v) is 5.11. The van der Waals surface area contributed by atoms with E-state index in [0.29, 0.717) is 41.9 Å². The number of nitrogens with zero attached hydrogens (tertiary/aromatic N) is 1. The van der Waals surface area contributed by atoms with Crippen LogP contribution >= 0.6 is 0 Å². The molecule has 0 saturated carbocycles. The molecule has 2 aliphatic heterocycles. The first-order chi connectivity index (χ1) is 17.4. The molecule has 0 radical (unpaired) electrons. The van der Waals surface area contributed by atoms with E-state index in [2.05, 4.69) is 5.32 Å². The van der Waals surface area contributed by atoms with Gasteiger partial charge in [-0.3, -0.25) is 14.4 Å². The molecule has 11 nitrogen and oxygen atoms in total. The average molecular weight is 505 g/mol. The Labute approximate surface area is 208 Å². The van der Waals surface area contributed by atoms with Gasteiger partial charge in [0.25, 0.3) is 5.91 Å². The van der Waals surface area contributed by atoms with E-state index >= 15 is 0 Å². The first-order valence-electron chi connectivity index (χ1n) is 12.0. The number of carbonyl (C=O) groups is 3. The number of amides is 2. The number of aldehydes is 1. The van der Waals surface area contributed by atoms with E-state index in [4.69, 9.17) is 18.9 Å². The molecule has 0 aromatic heterocycles. The zero-order valence-electron chi connectivity index (χ0n) is 20.3.